The van der Waals surface area contributed by atoms with E-state index < -0.39 is 0 Å². The molecule has 2 heteroatoms. The highest BCUT2D eigenvalue weighted by Gasteiger charge is 2.12. The molecule has 0 aliphatic heterocycles. The van der Waals surface area contributed by atoms with Crippen LogP contribution in [0.2, 0.25) is 0 Å². The summed E-state index contributed by atoms with van der Waals surface area (Å²) in [7, 11) is 0. The van der Waals surface area contributed by atoms with Crippen LogP contribution in [0.4, 0.5) is 0 Å². The average molecular weight is 239 g/mol. The van der Waals surface area contributed by atoms with Crippen LogP contribution in [0.5, 0.6) is 5.75 Å². The zero-order valence-electron chi connectivity index (χ0n) is 10.3. The van der Waals surface area contributed by atoms with E-state index in [0.717, 1.165) is 30.3 Å². The van der Waals surface area contributed by atoms with E-state index in [2.05, 4.69) is 29.6 Å². The highest BCUT2D eigenvalue weighted by molar-refractivity contribution is 5.87. The number of aromatic hydroxyl groups is 1. The van der Waals surface area contributed by atoms with Gasteiger partial charge in [-0.3, -0.25) is 0 Å². The van der Waals surface area contributed by atoms with Gasteiger partial charge in [-0.15, -0.1) is 0 Å². The normalized spacial score (nSPS) is 15.6. The van der Waals surface area contributed by atoms with Crippen LogP contribution < -0.4 is 5.32 Å². The number of phenolic OH excluding ortho intramolecular Hbond substituents is 1. The fraction of sp³-hybridized carbons (Fsp3) is 0.250. The maximum Gasteiger partial charge on any atom is 0.120 e. The number of benzene rings is 2. The summed E-state index contributed by atoms with van der Waals surface area (Å²) in [5, 5.41) is 15.8. The monoisotopic (exact) mass is 239 g/mol. The van der Waals surface area contributed by atoms with Gasteiger partial charge in [-0.1, -0.05) is 42.5 Å². The van der Waals surface area contributed by atoms with Crippen LogP contribution in [-0.4, -0.2) is 11.1 Å². The molecule has 0 saturated carbocycles. The summed E-state index contributed by atoms with van der Waals surface area (Å²) >= 11 is 0. The van der Waals surface area contributed by atoms with Gasteiger partial charge in [-0.25, -0.2) is 0 Å². The van der Waals surface area contributed by atoms with Gasteiger partial charge in [-0.2, -0.15) is 0 Å². The van der Waals surface area contributed by atoms with Gasteiger partial charge in [0.25, 0.3) is 0 Å². The SMILES string of the molecule is Oc1ccc2ccccc2c1CNC1CC=CC1. The third kappa shape index (κ3) is 2.12. The van der Waals surface area contributed by atoms with Gasteiger partial charge < -0.3 is 10.4 Å². The van der Waals surface area contributed by atoms with Gasteiger partial charge in [0.05, 0.1) is 0 Å². The number of nitrogens with one attached hydrogen (secondary N) is 1. The fourth-order valence-corrected chi connectivity index (χ4v) is 2.54. The minimum Gasteiger partial charge on any atom is -0.508 e. The Bertz CT molecular complexity index is 581. The van der Waals surface area contributed by atoms with Gasteiger partial charge >= 0.3 is 0 Å². The molecule has 0 spiro atoms. The molecule has 1 aliphatic carbocycles. The van der Waals surface area contributed by atoms with E-state index in [0.29, 0.717) is 11.8 Å². The molecule has 2 nitrogen and oxygen atoms in total. The lowest BCUT2D eigenvalue weighted by Gasteiger charge is -2.14. The molecule has 18 heavy (non-hydrogen) atoms. The van der Waals surface area contributed by atoms with Crippen molar-refractivity contribution in [1.29, 1.82) is 0 Å². The van der Waals surface area contributed by atoms with Crippen LogP contribution in [0.1, 0.15) is 18.4 Å². The Balaban J connectivity index is 1.87. The Morgan fingerprint density at radius 2 is 1.83 bits per heavy atom. The third-order valence-corrected chi connectivity index (χ3v) is 3.59. The molecule has 3 rings (SSSR count). The summed E-state index contributed by atoms with van der Waals surface area (Å²) in [4.78, 5) is 0. The minimum atomic E-state index is 0.382. The molecule has 0 atom stereocenters. The number of fused-ring (bicyclic) bond motifs is 1. The van der Waals surface area contributed by atoms with Gasteiger partial charge in [0.15, 0.2) is 0 Å². The predicted molar refractivity (Wildman–Crippen MR) is 74.6 cm³/mol. The first-order chi connectivity index (χ1) is 8.84. The molecule has 0 bridgehead atoms. The molecule has 2 aromatic rings. The van der Waals surface area contributed by atoms with Crippen molar-refractivity contribution >= 4 is 10.8 Å². The van der Waals surface area contributed by atoms with Crippen molar-refractivity contribution in [3.8, 4) is 5.75 Å². The highest BCUT2D eigenvalue weighted by Crippen LogP contribution is 2.27. The number of phenols is 1. The Labute approximate surface area is 107 Å². The van der Waals surface area contributed by atoms with E-state index in [1.54, 1.807) is 6.07 Å². The molecule has 0 amide bonds. The van der Waals surface area contributed by atoms with Crippen LogP contribution in [0.25, 0.3) is 10.8 Å². The van der Waals surface area contributed by atoms with Crippen molar-refractivity contribution in [2.45, 2.75) is 25.4 Å². The van der Waals surface area contributed by atoms with Gasteiger partial charge in [0, 0.05) is 18.2 Å². The van der Waals surface area contributed by atoms with Crippen molar-refractivity contribution in [2.24, 2.45) is 0 Å². The summed E-state index contributed by atoms with van der Waals surface area (Å²) in [5.41, 5.74) is 1.00. The van der Waals surface area contributed by atoms with Crippen molar-refractivity contribution in [2.75, 3.05) is 0 Å². The van der Waals surface area contributed by atoms with Crippen LogP contribution in [0.15, 0.2) is 48.6 Å². The lowest BCUT2D eigenvalue weighted by atomic mass is 10.0. The summed E-state index contributed by atoms with van der Waals surface area (Å²) < 4.78 is 0. The van der Waals surface area contributed by atoms with Crippen molar-refractivity contribution in [1.82, 2.24) is 5.32 Å². The molecule has 0 aromatic heterocycles. The summed E-state index contributed by atoms with van der Waals surface area (Å²) in [6.07, 6.45) is 6.60. The topological polar surface area (TPSA) is 32.3 Å². The number of hydrogen-bond donors (Lipinski definition) is 2. The number of hydrogen-bond acceptors (Lipinski definition) is 2. The second-order valence-electron chi connectivity index (χ2n) is 4.81. The molecule has 0 unspecified atom stereocenters. The fourth-order valence-electron chi connectivity index (χ4n) is 2.54. The van der Waals surface area contributed by atoms with Crippen LogP contribution in [-0.2, 0) is 6.54 Å². The summed E-state index contributed by atoms with van der Waals surface area (Å²) in [6, 6.07) is 12.5. The number of rotatable bonds is 3. The Kier molecular flexibility index (Phi) is 3.03. The van der Waals surface area contributed by atoms with Gasteiger partial charge in [0.2, 0.25) is 0 Å². The average Bonchev–Trinajstić information content (AvgIpc) is 2.91. The van der Waals surface area contributed by atoms with Gasteiger partial charge in [0.1, 0.15) is 5.75 Å². The Morgan fingerprint density at radius 1 is 1.06 bits per heavy atom. The zero-order valence-corrected chi connectivity index (χ0v) is 10.3. The Hall–Kier alpha value is -1.80. The first-order valence-electron chi connectivity index (χ1n) is 6.42. The Morgan fingerprint density at radius 3 is 2.67 bits per heavy atom. The molecular weight excluding hydrogens is 222 g/mol. The molecule has 0 heterocycles. The molecule has 2 N–H and O–H groups in total. The van der Waals surface area contributed by atoms with Crippen LogP contribution in [0.3, 0.4) is 0 Å². The van der Waals surface area contributed by atoms with Crippen molar-refractivity contribution in [3.63, 3.8) is 0 Å². The lowest BCUT2D eigenvalue weighted by Crippen LogP contribution is -2.25. The quantitative estimate of drug-likeness (QED) is 0.805. The second kappa shape index (κ2) is 4.83. The first kappa shape index (κ1) is 11.3. The van der Waals surface area contributed by atoms with Crippen molar-refractivity contribution in [3.05, 3.63) is 54.1 Å². The van der Waals surface area contributed by atoms with E-state index in [4.69, 9.17) is 0 Å². The maximum absolute atomic E-state index is 10.0. The lowest BCUT2D eigenvalue weighted by molar-refractivity contribution is 0.459. The van der Waals surface area contributed by atoms with E-state index in [-0.39, 0.29) is 0 Å². The van der Waals surface area contributed by atoms with E-state index >= 15 is 0 Å². The smallest absolute Gasteiger partial charge is 0.120 e. The molecule has 1 aliphatic rings. The highest BCUT2D eigenvalue weighted by atomic mass is 16.3. The van der Waals surface area contributed by atoms with E-state index in [1.807, 2.05) is 18.2 Å². The van der Waals surface area contributed by atoms with Crippen LogP contribution >= 0.6 is 0 Å². The largest absolute Gasteiger partial charge is 0.508 e. The third-order valence-electron chi connectivity index (χ3n) is 3.59. The zero-order chi connectivity index (χ0) is 12.4. The van der Waals surface area contributed by atoms with E-state index in [9.17, 15) is 5.11 Å². The van der Waals surface area contributed by atoms with Crippen LogP contribution in [0, 0.1) is 0 Å². The van der Waals surface area contributed by atoms with Gasteiger partial charge in [-0.05, 0) is 29.7 Å². The molecule has 0 saturated heterocycles. The summed E-state index contributed by atoms with van der Waals surface area (Å²) in [5.74, 6) is 0.382. The molecule has 92 valence electrons. The predicted octanol–water partition coefficient (Wildman–Crippen LogP) is 3.35. The molecule has 0 fully saturated rings. The first-order valence-corrected chi connectivity index (χ1v) is 6.42. The second-order valence-corrected chi connectivity index (χ2v) is 4.81. The molecule has 2 aromatic carbocycles. The van der Waals surface area contributed by atoms with Crippen molar-refractivity contribution < 1.29 is 5.11 Å². The minimum absolute atomic E-state index is 0.382. The molecular formula is C16H17NO. The van der Waals surface area contributed by atoms with E-state index in [1.165, 1.54) is 5.39 Å². The standard InChI is InChI=1S/C16H17NO/c18-16-10-9-12-5-1-4-8-14(12)15(16)11-17-13-6-2-3-7-13/h1-5,8-10,13,17-18H,6-7,11H2. The molecule has 0 radical (unpaired) electrons. The summed E-state index contributed by atoms with van der Waals surface area (Å²) in [6.45, 7) is 0.722. The maximum atomic E-state index is 10.0.